The number of rotatable bonds is 12. The van der Waals surface area contributed by atoms with Crippen LogP contribution in [0.3, 0.4) is 0 Å². The largest absolute Gasteiger partial charge is 0.352 e. The summed E-state index contributed by atoms with van der Waals surface area (Å²) in [7, 11) is 0. The van der Waals surface area contributed by atoms with Crippen LogP contribution in [0.5, 0.6) is 0 Å². The van der Waals surface area contributed by atoms with Crippen molar-refractivity contribution in [2.75, 3.05) is 0 Å². The second-order valence-corrected chi connectivity index (χ2v) is 9.11. The Morgan fingerprint density at radius 3 is 1.10 bits per heavy atom. The molecule has 0 unspecified atom stereocenters. The molecule has 3 rings (SSSR count). The minimum absolute atomic E-state index is 0.0453. The molecule has 0 bridgehead atoms. The fourth-order valence-corrected chi connectivity index (χ4v) is 3.52. The van der Waals surface area contributed by atoms with Crippen molar-refractivity contribution in [2.45, 2.75) is 38.8 Å². The first-order valence-corrected chi connectivity index (χ1v) is 13.2. The number of nitrogens with one attached hydrogen (secondary N) is 6. The van der Waals surface area contributed by atoms with Crippen molar-refractivity contribution in [1.82, 2.24) is 32.3 Å². The molecule has 42 heavy (non-hydrogen) atoms. The van der Waals surface area contributed by atoms with E-state index >= 15 is 0 Å². The summed E-state index contributed by atoms with van der Waals surface area (Å²) in [6.07, 6.45) is -0.332. The number of benzene rings is 3. The maximum absolute atomic E-state index is 12.3. The van der Waals surface area contributed by atoms with Crippen molar-refractivity contribution < 1.29 is 28.8 Å². The Hall–Kier alpha value is -5.52. The van der Waals surface area contributed by atoms with Crippen LogP contribution < -0.4 is 32.3 Å². The van der Waals surface area contributed by atoms with Gasteiger partial charge in [0.15, 0.2) is 0 Å². The number of amides is 6. The summed E-state index contributed by atoms with van der Waals surface area (Å²) in [4.78, 5) is 72.4. The van der Waals surface area contributed by atoms with E-state index in [2.05, 4.69) is 32.3 Å². The average Bonchev–Trinajstić information content (AvgIpc) is 3.03. The predicted molar refractivity (Wildman–Crippen MR) is 153 cm³/mol. The molecule has 0 spiro atoms. The Balaban J connectivity index is 1.30. The van der Waals surface area contributed by atoms with Crippen molar-refractivity contribution in [3.63, 3.8) is 0 Å². The molecule has 0 aromatic heterocycles. The molecule has 0 aliphatic rings. The van der Waals surface area contributed by atoms with Crippen molar-refractivity contribution in [1.29, 1.82) is 0 Å². The third kappa shape index (κ3) is 11.3. The molecular weight excluding hydrogens is 540 g/mol. The van der Waals surface area contributed by atoms with Crippen LogP contribution in [0.1, 0.15) is 57.5 Å². The molecule has 0 aliphatic carbocycles. The molecule has 12 nitrogen and oxygen atoms in total. The summed E-state index contributed by atoms with van der Waals surface area (Å²) in [6.45, 7) is 0.708. The van der Waals surface area contributed by atoms with Crippen molar-refractivity contribution in [3.8, 4) is 0 Å². The third-order valence-corrected chi connectivity index (χ3v) is 5.86. The predicted octanol–water partition coefficient (Wildman–Crippen LogP) is 1.40. The maximum atomic E-state index is 12.3. The number of hydrogen-bond donors (Lipinski definition) is 6. The molecule has 218 valence electrons. The Morgan fingerprint density at radius 1 is 0.405 bits per heavy atom. The minimum Gasteiger partial charge on any atom is -0.352 e. The molecule has 6 amide bonds. The normalized spacial score (nSPS) is 10.1. The quantitative estimate of drug-likeness (QED) is 0.179. The van der Waals surface area contributed by atoms with Crippen LogP contribution in [0.25, 0.3) is 0 Å². The van der Waals surface area contributed by atoms with Crippen LogP contribution in [0.15, 0.2) is 84.9 Å². The van der Waals surface area contributed by atoms with Gasteiger partial charge in [-0.3, -0.25) is 50.5 Å². The van der Waals surface area contributed by atoms with Crippen molar-refractivity contribution >= 4 is 35.4 Å². The fraction of sp³-hybridized carbons (Fsp3) is 0.200. The Bertz CT molecular complexity index is 1270. The number of carbonyl (C=O) groups is 6. The Kier molecular flexibility index (Phi) is 12.2. The molecule has 6 N–H and O–H groups in total. The third-order valence-electron chi connectivity index (χ3n) is 5.86. The van der Waals surface area contributed by atoms with Gasteiger partial charge in [0.1, 0.15) is 0 Å². The lowest BCUT2D eigenvalue weighted by molar-refractivity contribution is -0.126. The molecule has 3 aromatic rings. The summed E-state index contributed by atoms with van der Waals surface area (Å²) in [5, 5.41) is 5.43. The molecule has 3 aromatic carbocycles. The van der Waals surface area contributed by atoms with Crippen LogP contribution in [0.2, 0.25) is 0 Å². The lowest BCUT2D eigenvalue weighted by atomic mass is 10.1. The molecule has 0 heterocycles. The summed E-state index contributed by atoms with van der Waals surface area (Å²) < 4.78 is 0. The Morgan fingerprint density at radius 2 is 0.738 bits per heavy atom. The van der Waals surface area contributed by atoms with Gasteiger partial charge < -0.3 is 10.6 Å². The van der Waals surface area contributed by atoms with E-state index in [1.807, 2.05) is 60.7 Å². The van der Waals surface area contributed by atoms with E-state index in [4.69, 9.17) is 0 Å². The standard InChI is InChI=1S/C30H32N6O6/c37-25(31-19-21-7-3-1-4-8-21)15-17-27(39)33-35-29(41)23-11-13-24(14-12-23)30(42)36-34-28(40)18-16-26(38)32-20-22-9-5-2-6-10-22/h1-14H,15-20H2,(H,31,37)(H,32,38)(H,33,39)(H,34,40)(H,35,41)(H,36,42). The summed E-state index contributed by atoms with van der Waals surface area (Å²) in [5.41, 5.74) is 11.2. The first-order valence-electron chi connectivity index (χ1n) is 13.2. The maximum Gasteiger partial charge on any atom is 0.269 e. The summed E-state index contributed by atoms with van der Waals surface area (Å²) >= 11 is 0. The van der Waals surface area contributed by atoms with Crippen LogP contribution >= 0.6 is 0 Å². The minimum atomic E-state index is -0.623. The van der Waals surface area contributed by atoms with Crippen LogP contribution in [-0.4, -0.2) is 35.4 Å². The highest BCUT2D eigenvalue weighted by atomic mass is 16.2. The Labute approximate surface area is 242 Å². The summed E-state index contributed by atoms with van der Waals surface area (Å²) in [6, 6.07) is 24.2. The first-order chi connectivity index (χ1) is 20.3. The smallest absolute Gasteiger partial charge is 0.269 e. The lowest BCUT2D eigenvalue weighted by Crippen LogP contribution is -2.42. The molecule has 12 heteroatoms. The van der Waals surface area contributed by atoms with Gasteiger partial charge in [-0.05, 0) is 35.4 Å². The second kappa shape index (κ2) is 16.6. The number of carbonyl (C=O) groups excluding carboxylic acids is 6. The second-order valence-electron chi connectivity index (χ2n) is 9.11. The highest BCUT2D eigenvalue weighted by Crippen LogP contribution is 2.05. The van der Waals surface area contributed by atoms with E-state index in [0.717, 1.165) is 11.1 Å². The zero-order valence-corrected chi connectivity index (χ0v) is 22.8. The lowest BCUT2D eigenvalue weighted by Gasteiger charge is -2.10. The molecule has 0 fully saturated rings. The van der Waals surface area contributed by atoms with Crippen LogP contribution in [-0.2, 0) is 32.3 Å². The van der Waals surface area contributed by atoms with Gasteiger partial charge in [0.05, 0.1) is 0 Å². The van der Waals surface area contributed by atoms with E-state index in [0.29, 0.717) is 13.1 Å². The molecule has 0 radical (unpaired) electrons. The van der Waals surface area contributed by atoms with Gasteiger partial charge in [-0.25, -0.2) is 0 Å². The molecular formula is C30H32N6O6. The molecule has 0 atom stereocenters. The van der Waals surface area contributed by atoms with E-state index in [1.165, 1.54) is 24.3 Å². The number of hydrazine groups is 2. The zero-order valence-electron chi connectivity index (χ0n) is 22.8. The first kappa shape index (κ1) is 31.0. The molecule has 0 aliphatic heterocycles. The van der Waals surface area contributed by atoms with Gasteiger partial charge in [-0.15, -0.1) is 0 Å². The highest BCUT2D eigenvalue weighted by molar-refractivity contribution is 5.99. The summed E-state index contributed by atoms with van der Waals surface area (Å²) in [5.74, 6) is -2.92. The van der Waals surface area contributed by atoms with Gasteiger partial charge >= 0.3 is 0 Å². The SMILES string of the molecule is O=C(CCC(=O)NNC(=O)c1ccc(C(=O)NNC(=O)CCC(=O)NCc2ccccc2)cc1)NCc1ccccc1. The van der Waals surface area contributed by atoms with Gasteiger partial charge in [-0.1, -0.05) is 60.7 Å². The molecule has 0 saturated carbocycles. The number of hydrogen-bond acceptors (Lipinski definition) is 6. The van der Waals surface area contributed by atoms with Gasteiger partial charge in [0, 0.05) is 49.9 Å². The van der Waals surface area contributed by atoms with Gasteiger partial charge in [0.25, 0.3) is 11.8 Å². The van der Waals surface area contributed by atoms with Gasteiger partial charge in [0.2, 0.25) is 23.6 Å². The molecule has 0 saturated heterocycles. The highest BCUT2D eigenvalue weighted by Gasteiger charge is 2.13. The topological polar surface area (TPSA) is 175 Å². The zero-order chi connectivity index (χ0) is 30.2. The van der Waals surface area contributed by atoms with E-state index in [9.17, 15) is 28.8 Å². The van der Waals surface area contributed by atoms with Crippen molar-refractivity contribution in [3.05, 3.63) is 107 Å². The van der Waals surface area contributed by atoms with Crippen LogP contribution in [0, 0.1) is 0 Å². The monoisotopic (exact) mass is 572 g/mol. The van der Waals surface area contributed by atoms with Gasteiger partial charge in [-0.2, -0.15) is 0 Å². The fourth-order valence-electron chi connectivity index (χ4n) is 3.52. The van der Waals surface area contributed by atoms with Crippen LogP contribution in [0.4, 0.5) is 0 Å². The van der Waals surface area contributed by atoms with Crippen molar-refractivity contribution in [2.24, 2.45) is 0 Å². The van der Waals surface area contributed by atoms with E-state index < -0.39 is 23.6 Å². The average molecular weight is 573 g/mol. The van der Waals surface area contributed by atoms with E-state index in [1.54, 1.807) is 0 Å². The van der Waals surface area contributed by atoms with E-state index in [-0.39, 0.29) is 48.6 Å².